The van der Waals surface area contributed by atoms with Crippen LogP contribution < -0.4 is 15.8 Å². The molecule has 1 aliphatic rings. The lowest BCUT2D eigenvalue weighted by molar-refractivity contribution is 0.231. The van der Waals surface area contributed by atoms with Gasteiger partial charge in [-0.05, 0) is 37.7 Å². The van der Waals surface area contributed by atoms with Crippen molar-refractivity contribution in [1.82, 2.24) is 0 Å². The fourth-order valence-corrected chi connectivity index (χ4v) is 3.35. The highest BCUT2D eigenvalue weighted by Gasteiger charge is 2.16. The number of nitrogen functional groups attached to an aromatic ring is 1. The second kappa shape index (κ2) is 6.37. The summed E-state index contributed by atoms with van der Waals surface area (Å²) in [6.07, 6.45) is 1.17. The van der Waals surface area contributed by atoms with Crippen molar-refractivity contribution < 1.29 is 9.13 Å². The van der Waals surface area contributed by atoms with E-state index in [4.69, 9.17) is 10.5 Å². The van der Waals surface area contributed by atoms with Gasteiger partial charge in [0.1, 0.15) is 0 Å². The van der Waals surface area contributed by atoms with Crippen LogP contribution >= 0.6 is 11.8 Å². The quantitative estimate of drug-likeness (QED) is 0.814. The fraction of sp³-hybridized carbons (Fsp3) is 0.571. The molecule has 1 aliphatic heterocycles. The molecule has 0 aliphatic carbocycles. The minimum atomic E-state index is -0.409. The van der Waals surface area contributed by atoms with Crippen LogP contribution in [-0.2, 0) is 0 Å². The van der Waals surface area contributed by atoms with Gasteiger partial charge in [0.25, 0.3) is 0 Å². The maximum atomic E-state index is 13.7. The number of benzene rings is 1. The number of thioether (sulfide) groups is 1. The summed E-state index contributed by atoms with van der Waals surface area (Å²) in [5, 5.41) is 3.31. The molecule has 2 rings (SSSR count). The van der Waals surface area contributed by atoms with Crippen molar-refractivity contribution in [2.45, 2.75) is 26.4 Å². The van der Waals surface area contributed by atoms with Gasteiger partial charge in [0.05, 0.1) is 17.5 Å². The van der Waals surface area contributed by atoms with Crippen LogP contribution in [-0.4, -0.2) is 24.2 Å². The monoisotopic (exact) mass is 284 g/mol. The summed E-state index contributed by atoms with van der Waals surface area (Å²) in [5.74, 6) is 2.93. The van der Waals surface area contributed by atoms with Gasteiger partial charge < -0.3 is 15.8 Å². The zero-order valence-electron chi connectivity index (χ0n) is 11.4. The molecule has 1 atom stereocenters. The standard InChI is InChI=1S/C14H21FN2OS/c1-9(2)18-14-6-13(12(16)5-11(14)15)17-7-10-3-4-19-8-10/h5-6,9-10,17H,3-4,7-8,16H2,1-2H3. The van der Waals surface area contributed by atoms with E-state index in [1.807, 2.05) is 25.6 Å². The number of halogens is 1. The molecule has 1 aromatic rings. The summed E-state index contributed by atoms with van der Waals surface area (Å²) in [4.78, 5) is 0. The number of hydrogen-bond acceptors (Lipinski definition) is 4. The summed E-state index contributed by atoms with van der Waals surface area (Å²) in [6.45, 7) is 4.63. The zero-order chi connectivity index (χ0) is 13.8. The summed E-state index contributed by atoms with van der Waals surface area (Å²) in [7, 11) is 0. The molecule has 1 heterocycles. The summed E-state index contributed by atoms with van der Waals surface area (Å²) in [5.41, 5.74) is 7.03. The van der Waals surface area contributed by atoms with Crippen molar-refractivity contribution in [3.8, 4) is 5.75 Å². The molecule has 0 spiro atoms. The van der Waals surface area contributed by atoms with Crippen LogP contribution in [0, 0.1) is 11.7 Å². The second-order valence-corrected chi connectivity index (χ2v) is 6.30. The largest absolute Gasteiger partial charge is 0.488 e. The van der Waals surface area contributed by atoms with Gasteiger partial charge in [0, 0.05) is 18.7 Å². The Hall–Kier alpha value is -1.10. The molecule has 1 saturated heterocycles. The molecule has 0 aromatic heterocycles. The first-order valence-corrected chi connectivity index (χ1v) is 7.79. The third-order valence-electron chi connectivity index (χ3n) is 3.07. The first kappa shape index (κ1) is 14.3. The molecule has 5 heteroatoms. The van der Waals surface area contributed by atoms with Gasteiger partial charge in [0.2, 0.25) is 0 Å². The van der Waals surface area contributed by atoms with Gasteiger partial charge >= 0.3 is 0 Å². The SMILES string of the molecule is CC(C)Oc1cc(NCC2CCSC2)c(N)cc1F. The topological polar surface area (TPSA) is 47.3 Å². The first-order valence-electron chi connectivity index (χ1n) is 6.63. The van der Waals surface area contributed by atoms with Crippen molar-refractivity contribution in [2.24, 2.45) is 5.92 Å². The van der Waals surface area contributed by atoms with E-state index in [9.17, 15) is 4.39 Å². The highest BCUT2D eigenvalue weighted by Crippen LogP contribution is 2.30. The van der Waals surface area contributed by atoms with E-state index in [2.05, 4.69) is 5.32 Å². The molecule has 3 N–H and O–H groups in total. The van der Waals surface area contributed by atoms with Gasteiger partial charge in [-0.25, -0.2) is 4.39 Å². The Morgan fingerprint density at radius 1 is 1.53 bits per heavy atom. The van der Waals surface area contributed by atoms with Gasteiger partial charge in [-0.3, -0.25) is 0 Å². The van der Waals surface area contributed by atoms with Gasteiger partial charge in [-0.2, -0.15) is 11.8 Å². The van der Waals surface area contributed by atoms with Crippen LogP contribution in [0.3, 0.4) is 0 Å². The van der Waals surface area contributed by atoms with E-state index in [-0.39, 0.29) is 11.9 Å². The molecule has 19 heavy (non-hydrogen) atoms. The smallest absolute Gasteiger partial charge is 0.167 e. The van der Waals surface area contributed by atoms with Crippen LogP contribution in [0.25, 0.3) is 0 Å². The molecule has 3 nitrogen and oxygen atoms in total. The summed E-state index contributed by atoms with van der Waals surface area (Å²) >= 11 is 1.98. The van der Waals surface area contributed by atoms with E-state index in [0.29, 0.717) is 11.6 Å². The summed E-state index contributed by atoms with van der Waals surface area (Å²) < 4.78 is 19.1. The van der Waals surface area contributed by atoms with Crippen LogP contribution in [0.4, 0.5) is 15.8 Å². The normalized spacial score (nSPS) is 18.8. The molecular weight excluding hydrogens is 263 g/mol. The van der Waals surface area contributed by atoms with E-state index in [1.165, 1.54) is 24.0 Å². The molecule has 1 unspecified atom stereocenters. The molecule has 0 saturated carbocycles. The lowest BCUT2D eigenvalue weighted by Gasteiger charge is -2.16. The van der Waals surface area contributed by atoms with Crippen LogP contribution in [0.2, 0.25) is 0 Å². The van der Waals surface area contributed by atoms with E-state index in [0.717, 1.165) is 12.2 Å². The van der Waals surface area contributed by atoms with E-state index in [1.54, 1.807) is 6.07 Å². The minimum absolute atomic E-state index is 0.0581. The number of nitrogens with two attached hydrogens (primary N) is 1. The van der Waals surface area contributed by atoms with Crippen molar-refractivity contribution in [3.05, 3.63) is 17.9 Å². The number of hydrogen-bond donors (Lipinski definition) is 2. The number of nitrogens with one attached hydrogen (secondary N) is 1. The average molecular weight is 284 g/mol. The maximum absolute atomic E-state index is 13.7. The van der Waals surface area contributed by atoms with Gasteiger partial charge in [0.15, 0.2) is 11.6 Å². The van der Waals surface area contributed by atoms with Crippen LogP contribution in [0.15, 0.2) is 12.1 Å². The molecular formula is C14H21FN2OS. The van der Waals surface area contributed by atoms with Crippen LogP contribution in [0.5, 0.6) is 5.75 Å². The number of anilines is 2. The Balaban J connectivity index is 2.05. The number of rotatable bonds is 5. The lowest BCUT2D eigenvalue weighted by atomic mass is 10.1. The Kier molecular flexibility index (Phi) is 4.80. The third kappa shape index (κ3) is 3.93. The van der Waals surface area contributed by atoms with E-state index < -0.39 is 5.82 Å². The molecule has 0 radical (unpaired) electrons. The predicted molar refractivity (Wildman–Crippen MR) is 80.5 cm³/mol. The van der Waals surface area contributed by atoms with Gasteiger partial charge in [-0.1, -0.05) is 0 Å². The minimum Gasteiger partial charge on any atom is -0.488 e. The Labute approximate surface area is 118 Å². The van der Waals surface area contributed by atoms with Crippen molar-refractivity contribution in [1.29, 1.82) is 0 Å². The van der Waals surface area contributed by atoms with Crippen LogP contribution in [0.1, 0.15) is 20.3 Å². The molecule has 0 bridgehead atoms. The van der Waals surface area contributed by atoms with Gasteiger partial charge in [-0.15, -0.1) is 0 Å². The predicted octanol–water partition coefficient (Wildman–Crippen LogP) is 3.36. The van der Waals surface area contributed by atoms with E-state index >= 15 is 0 Å². The Bertz CT molecular complexity index is 434. The second-order valence-electron chi connectivity index (χ2n) is 5.15. The fourth-order valence-electron chi connectivity index (χ4n) is 2.06. The molecule has 1 fully saturated rings. The average Bonchev–Trinajstić information content (AvgIpc) is 2.83. The summed E-state index contributed by atoms with van der Waals surface area (Å²) in [6, 6.07) is 2.98. The Morgan fingerprint density at radius 2 is 2.32 bits per heavy atom. The number of ether oxygens (including phenoxy) is 1. The zero-order valence-corrected chi connectivity index (χ0v) is 12.2. The molecule has 0 amide bonds. The first-order chi connectivity index (χ1) is 9.06. The highest BCUT2D eigenvalue weighted by atomic mass is 32.2. The van der Waals surface area contributed by atoms with Crippen molar-refractivity contribution in [3.63, 3.8) is 0 Å². The molecule has 106 valence electrons. The van der Waals surface area contributed by atoms with Crippen molar-refractivity contribution in [2.75, 3.05) is 29.1 Å². The van der Waals surface area contributed by atoms with Crippen molar-refractivity contribution >= 4 is 23.1 Å². The Morgan fingerprint density at radius 3 is 2.95 bits per heavy atom. The third-order valence-corrected chi connectivity index (χ3v) is 4.30. The lowest BCUT2D eigenvalue weighted by Crippen LogP contribution is -2.15. The highest BCUT2D eigenvalue weighted by molar-refractivity contribution is 7.99. The maximum Gasteiger partial charge on any atom is 0.167 e. The molecule has 1 aromatic carbocycles.